The predicted molar refractivity (Wildman–Crippen MR) is 86.5 cm³/mol. The molecule has 0 radical (unpaired) electrons. The molecule has 0 atom stereocenters. The van der Waals surface area contributed by atoms with Crippen molar-refractivity contribution < 1.29 is 8.42 Å². The molecule has 0 aliphatic carbocycles. The first kappa shape index (κ1) is 16.1. The first-order valence-corrected chi connectivity index (χ1v) is 8.54. The van der Waals surface area contributed by atoms with E-state index in [9.17, 15) is 13.2 Å². The van der Waals surface area contributed by atoms with Crippen molar-refractivity contribution in [2.75, 3.05) is 4.72 Å². The van der Waals surface area contributed by atoms with Gasteiger partial charge in [0.05, 0.1) is 5.69 Å². The number of halogens is 2. The van der Waals surface area contributed by atoms with Gasteiger partial charge in [0.15, 0.2) is 0 Å². The number of aromatic nitrogens is 1. The lowest BCUT2D eigenvalue weighted by atomic mass is 10.1. The van der Waals surface area contributed by atoms with Crippen LogP contribution in [0.2, 0.25) is 5.02 Å². The highest BCUT2D eigenvalue weighted by Gasteiger charge is 2.18. The lowest BCUT2D eigenvalue weighted by molar-refractivity contribution is 0.600. The summed E-state index contributed by atoms with van der Waals surface area (Å²) < 4.78 is 27.8. The average molecular weight is 392 g/mol. The fraction of sp³-hybridized carbons (Fsp3) is 0.154. The van der Waals surface area contributed by atoms with E-state index in [1.165, 1.54) is 0 Å². The first-order valence-electron chi connectivity index (χ1n) is 5.88. The minimum Gasteiger partial charge on any atom is -0.326 e. The number of hydrogen-bond donors (Lipinski definition) is 2. The summed E-state index contributed by atoms with van der Waals surface area (Å²) in [5, 5.41) is -0.183. The minimum atomic E-state index is -3.85. The number of sulfonamides is 1. The number of aryl methyl sites for hydroxylation is 2. The standard InChI is InChI=1S/C13H12BrClN2O3S/c1-7-3-8(2)12(10(14)4-7)17-21(19,20)9-5-11(15)13(18)16-6-9/h3-6,17H,1-2H3,(H,16,18). The van der Waals surface area contributed by atoms with Crippen LogP contribution in [0.25, 0.3) is 0 Å². The Balaban J connectivity index is 2.47. The number of aromatic amines is 1. The molecule has 8 heteroatoms. The Morgan fingerprint density at radius 2 is 1.90 bits per heavy atom. The average Bonchev–Trinajstić information content (AvgIpc) is 2.37. The van der Waals surface area contributed by atoms with Gasteiger partial charge in [-0.2, -0.15) is 0 Å². The summed E-state index contributed by atoms with van der Waals surface area (Å²) in [6.45, 7) is 3.72. The van der Waals surface area contributed by atoms with Crippen molar-refractivity contribution in [2.24, 2.45) is 0 Å². The Bertz CT molecular complexity index is 839. The largest absolute Gasteiger partial charge is 0.326 e. The Hall–Kier alpha value is -1.31. The van der Waals surface area contributed by atoms with Crippen LogP contribution in [0, 0.1) is 13.8 Å². The Kier molecular flexibility index (Phi) is 4.46. The van der Waals surface area contributed by atoms with Crippen LogP contribution in [0.15, 0.2) is 38.6 Å². The number of pyridine rings is 1. The second-order valence-electron chi connectivity index (χ2n) is 4.56. The fourth-order valence-corrected chi connectivity index (χ4v) is 4.12. The molecule has 0 saturated heterocycles. The van der Waals surface area contributed by atoms with E-state index in [0.29, 0.717) is 10.2 Å². The molecule has 0 saturated carbocycles. The molecule has 1 aromatic carbocycles. The van der Waals surface area contributed by atoms with E-state index >= 15 is 0 Å². The minimum absolute atomic E-state index is 0.112. The molecule has 0 amide bonds. The summed E-state index contributed by atoms with van der Waals surface area (Å²) >= 11 is 9.00. The Morgan fingerprint density at radius 1 is 1.24 bits per heavy atom. The van der Waals surface area contributed by atoms with Crippen molar-refractivity contribution in [3.63, 3.8) is 0 Å². The van der Waals surface area contributed by atoms with E-state index in [0.717, 1.165) is 23.4 Å². The molecule has 0 aliphatic heterocycles. The van der Waals surface area contributed by atoms with E-state index in [2.05, 4.69) is 25.6 Å². The number of nitrogens with one attached hydrogen (secondary N) is 2. The van der Waals surface area contributed by atoms with Crippen LogP contribution < -0.4 is 10.3 Å². The van der Waals surface area contributed by atoms with Crippen LogP contribution in [0.3, 0.4) is 0 Å². The van der Waals surface area contributed by atoms with Gasteiger partial charge in [0, 0.05) is 10.7 Å². The molecule has 5 nitrogen and oxygen atoms in total. The highest BCUT2D eigenvalue weighted by molar-refractivity contribution is 9.10. The van der Waals surface area contributed by atoms with Gasteiger partial charge in [-0.05, 0) is 53.0 Å². The number of H-pyrrole nitrogens is 1. The van der Waals surface area contributed by atoms with Crippen LogP contribution in [-0.2, 0) is 10.0 Å². The van der Waals surface area contributed by atoms with Crippen molar-refractivity contribution in [1.82, 2.24) is 4.98 Å². The highest BCUT2D eigenvalue weighted by Crippen LogP contribution is 2.29. The molecule has 1 aromatic heterocycles. The molecule has 2 rings (SSSR count). The van der Waals surface area contributed by atoms with E-state index in [1.807, 2.05) is 19.1 Å². The molecule has 0 fully saturated rings. The Labute approximate surface area is 135 Å². The maximum Gasteiger partial charge on any atom is 0.266 e. The summed E-state index contributed by atoms with van der Waals surface area (Å²) in [4.78, 5) is 13.4. The molecule has 2 N–H and O–H groups in total. The third-order valence-corrected chi connectivity index (χ3v) is 5.05. The molecule has 0 bridgehead atoms. The zero-order chi connectivity index (χ0) is 15.8. The van der Waals surface area contributed by atoms with Gasteiger partial charge < -0.3 is 4.98 Å². The zero-order valence-corrected chi connectivity index (χ0v) is 14.4. The summed E-state index contributed by atoms with van der Waals surface area (Å²) in [5.74, 6) is 0. The van der Waals surface area contributed by atoms with Gasteiger partial charge in [0.1, 0.15) is 9.92 Å². The van der Waals surface area contributed by atoms with Gasteiger partial charge in [-0.3, -0.25) is 9.52 Å². The summed E-state index contributed by atoms with van der Waals surface area (Å²) in [6.07, 6.45) is 1.11. The van der Waals surface area contributed by atoms with Crippen molar-refractivity contribution in [2.45, 2.75) is 18.7 Å². The van der Waals surface area contributed by atoms with Gasteiger partial charge in [0.25, 0.3) is 15.6 Å². The lowest BCUT2D eigenvalue weighted by Gasteiger charge is -2.13. The van der Waals surface area contributed by atoms with Crippen molar-refractivity contribution >= 4 is 43.2 Å². The molecule has 112 valence electrons. The SMILES string of the molecule is Cc1cc(C)c(NS(=O)(=O)c2c[nH]c(=O)c(Cl)c2)c(Br)c1. The third-order valence-electron chi connectivity index (χ3n) is 2.81. The highest BCUT2D eigenvalue weighted by atomic mass is 79.9. The topological polar surface area (TPSA) is 79.0 Å². The predicted octanol–water partition coefficient (Wildman–Crippen LogP) is 3.21. The molecule has 2 aromatic rings. The van der Waals surface area contributed by atoms with Crippen molar-refractivity contribution in [3.05, 3.63) is 55.4 Å². The first-order chi connectivity index (χ1) is 9.70. The number of rotatable bonds is 3. The van der Waals surface area contributed by atoms with Crippen molar-refractivity contribution in [1.29, 1.82) is 0 Å². The van der Waals surface area contributed by atoms with Gasteiger partial charge in [-0.15, -0.1) is 0 Å². The molecule has 1 heterocycles. The quantitative estimate of drug-likeness (QED) is 0.843. The summed E-state index contributed by atoms with van der Waals surface area (Å²) in [5.41, 5.74) is 1.70. The Morgan fingerprint density at radius 3 is 2.48 bits per heavy atom. The van der Waals surface area contributed by atoms with Crippen molar-refractivity contribution in [3.8, 4) is 0 Å². The molecule has 21 heavy (non-hydrogen) atoms. The van der Waals surface area contributed by atoms with Crippen LogP contribution in [0.4, 0.5) is 5.69 Å². The van der Waals surface area contributed by atoms with Gasteiger partial charge in [-0.25, -0.2) is 8.42 Å². The summed E-state index contributed by atoms with van der Waals surface area (Å²) in [7, 11) is -3.85. The second kappa shape index (κ2) is 5.82. The zero-order valence-electron chi connectivity index (χ0n) is 11.2. The number of anilines is 1. The normalized spacial score (nSPS) is 11.4. The van der Waals surface area contributed by atoms with Crippen LogP contribution in [-0.4, -0.2) is 13.4 Å². The second-order valence-corrected chi connectivity index (χ2v) is 7.50. The lowest BCUT2D eigenvalue weighted by Crippen LogP contribution is -2.17. The van der Waals surface area contributed by atoms with Gasteiger partial charge in [-0.1, -0.05) is 17.7 Å². The third kappa shape index (κ3) is 3.48. The monoisotopic (exact) mass is 390 g/mol. The molecular weight excluding hydrogens is 380 g/mol. The van der Waals surface area contributed by atoms with Crippen LogP contribution in [0.1, 0.15) is 11.1 Å². The van der Waals surface area contributed by atoms with Crippen LogP contribution >= 0.6 is 27.5 Å². The van der Waals surface area contributed by atoms with Crippen LogP contribution in [0.5, 0.6) is 0 Å². The summed E-state index contributed by atoms with van der Waals surface area (Å²) in [6, 6.07) is 4.79. The van der Waals surface area contributed by atoms with Gasteiger partial charge in [0.2, 0.25) is 0 Å². The number of benzene rings is 1. The van der Waals surface area contributed by atoms with Gasteiger partial charge >= 0.3 is 0 Å². The maximum atomic E-state index is 12.3. The molecule has 0 spiro atoms. The molecular formula is C13H12BrClN2O3S. The fourth-order valence-electron chi connectivity index (χ4n) is 1.83. The molecule has 0 aliphatic rings. The van der Waals surface area contributed by atoms with E-state index in [4.69, 9.17) is 11.6 Å². The maximum absolute atomic E-state index is 12.3. The van der Waals surface area contributed by atoms with E-state index < -0.39 is 15.6 Å². The smallest absolute Gasteiger partial charge is 0.266 e. The molecule has 0 unspecified atom stereocenters. The van der Waals surface area contributed by atoms with E-state index in [-0.39, 0.29) is 9.92 Å². The van der Waals surface area contributed by atoms with E-state index in [1.54, 1.807) is 6.92 Å². The number of hydrogen-bond acceptors (Lipinski definition) is 3.